The molecule has 20 heavy (non-hydrogen) atoms. The molecule has 0 saturated carbocycles. The second-order valence-corrected chi connectivity index (χ2v) is 4.41. The number of hydrogen-bond donors (Lipinski definition) is 2. The second kappa shape index (κ2) is 6.82. The zero-order valence-corrected chi connectivity index (χ0v) is 11.7. The van der Waals surface area contributed by atoms with Gasteiger partial charge in [-0.05, 0) is 12.1 Å². The maximum absolute atomic E-state index is 10.0. The molecule has 0 radical (unpaired) electrons. The van der Waals surface area contributed by atoms with Crippen LogP contribution >= 0.6 is 0 Å². The van der Waals surface area contributed by atoms with Gasteiger partial charge in [0.2, 0.25) is 0 Å². The van der Waals surface area contributed by atoms with E-state index in [1.807, 2.05) is 36.4 Å². The van der Waals surface area contributed by atoms with Gasteiger partial charge in [-0.3, -0.25) is 0 Å². The summed E-state index contributed by atoms with van der Waals surface area (Å²) in [5.41, 5.74) is 2.87. The summed E-state index contributed by atoms with van der Waals surface area (Å²) in [5.74, 6) is 0.654. The Labute approximate surface area is 119 Å². The van der Waals surface area contributed by atoms with E-state index in [0.29, 0.717) is 18.9 Å². The van der Waals surface area contributed by atoms with Crippen LogP contribution in [0.3, 0.4) is 0 Å². The molecular weight excluding hydrogens is 254 g/mol. The van der Waals surface area contributed by atoms with E-state index in [4.69, 9.17) is 9.47 Å². The fourth-order valence-corrected chi connectivity index (χ4v) is 2.04. The van der Waals surface area contributed by atoms with Crippen molar-refractivity contribution in [2.75, 3.05) is 19.5 Å². The van der Waals surface area contributed by atoms with E-state index in [9.17, 15) is 5.11 Å². The van der Waals surface area contributed by atoms with E-state index >= 15 is 0 Å². The minimum Gasteiger partial charge on any atom is -0.504 e. The van der Waals surface area contributed by atoms with Crippen molar-refractivity contribution in [3.8, 4) is 11.5 Å². The zero-order chi connectivity index (χ0) is 14.4. The highest BCUT2D eigenvalue weighted by molar-refractivity contribution is 5.53. The number of hydrogen-bond acceptors (Lipinski definition) is 4. The lowest BCUT2D eigenvalue weighted by Crippen LogP contribution is -2.03. The summed E-state index contributed by atoms with van der Waals surface area (Å²) in [6, 6.07) is 13.4. The van der Waals surface area contributed by atoms with E-state index < -0.39 is 0 Å². The van der Waals surface area contributed by atoms with Crippen LogP contribution in [0.25, 0.3) is 0 Å². The predicted molar refractivity (Wildman–Crippen MR) is 79.1 cm³/mol. The van der Waals surface area contributed by atoms with Crippen LogP contribution in [0, 0.1) is 0 Å². The number of para-hydroxylation sites is 2. The summed E-state index contributed by atoms with van der Waals surface area (Å²) >= 11 is 0. The molecule has 4 heteroatoms. The van der Waals surface area contributed by atoms with Gasteiger partial charge in [0, 0.05) is 30.5 Å². The first kappa shape index (κ1) is 14.2. The fraction of sp³-hybridized carbons (Fsp3) is 0.250. The second-order valence-electron chi connectivity index (χ2n) is 4.41. The van der Waals surface area contributed by atoms with E-state index in [2.05, 4.69) is 5.32 Å². The van der Waals surface area contributed by atoms with Gasteiger partial charge in [0.25, 0.3) is 0 Å². The van der Waals surface area contributed by atoms with Crippen molar-refractivity contribution < 1.29 is 14.6 Å². The van der Waals surface area contributed by atoms with E-state index in [0.717, 1.165) is 16.8 Å². The van der Waals surface area contributed by atoms with Crippen molar-refractivity contribution in [3.05, 3.63) is 53.6 Å². The minimum atomic E-state index is 0.173. The predicted octanol–water partition coefficient (Wildman–Crippen LogP) is 3.16. The van der Waals surface area contributed by atoms with Crippen LogP contribution in [0.5, 0.6) is 11.5 Å². The van der Waals surface area contributed by atoms with Crippen LogP contribution in [0.2, 0.25) is 0 Å². The lowest BCUT2D eigenvalue weighted by Gasteiger charge is -2.13. The van der Waals surface area contributed by atoms with E-state index in [1.54, 1.807) is 20.3 Å². The third-order valence-corrected chi connectivity index (χ3v) is 3.09. The Balaban J connectivity index is 2.13. The number of phenolic OH excluding ortho intramolecular Hbond substituents is 1. The number of nitrogens with one attached hydrogen (secondary N) is 1. The summed E-state index contributed by atoms with van der Waals surface area (Å²) in [6.07, 6.45) is 0. The number of ether oxygens (including phenoxy) is 2. The molecule has 2 aromatic carbocycles. The van der Waals surface area contributed by atoms with Gasteiger partial charge >= 0.3 is 0 Å². The quantitative estimate of drug-likeness (QED) is 0.849. The zero-order valence-electron chi connectivity index (χ0n) is 11.7. The van der Waals surface area contributed by atoms with Crippen molar-refractivity contribution in [2.45, 2.75) is 13.2 Å². The molecule has 2 rings (SSSR count). The van der Waals surface area contributed by atoms with Gasteiger partial charge in [0.15, 0.2) is 11.5 Å². The number of phenols is 1. The summed E-state index contributed by atoms with van der Waals surface area (Å²) in [5, 5.41) is 13.4. The Kier molecular flexibility index (Phi) is 4.85. The Hall–Kier alpha value is -2.20. The number of methoxy groups -OCH3 is 2. The SMILES string of the molecule is COCc1ccccc1NCc1cccc(OC)c1O. The van der Waals surface area contributed by atoms with Crippen LogP contribution in [-0.4, -0.2) is 19.3 Å². The van der Waals surface area contributed by atoms with Gasteiger partial charge in [0.05, 0.1) is 13.7 Å². The van der Waals surface area contributed by atoms with Gasteiger partial charge in [-0.25, -0.2) is 0 Å². The Morgan fingerprint density at radius 2 is 1.75 bits per heavy atom. The monoisotopic (exact) mass is 273 g/mol. The Morgan fingerprint density at radius 3 is 2.50 bits per heavy atom. The minimum absolute atomic E-state index is 0.173. The molecule has 0 aliphatic carbocycles. The van der Waals surface area contributed by atoms with Crippen LogP contribution in [0.15, 0.2) is 42.5 Å². The third-order valence-electron chi connectivity index (χ3n) is 3.09. The smallest absolute Gasteiger partial charge is 0.162 e. The van der Waals surface area contributed by atoms with Crippen molar-refractivity contribution >= 4 is 5.69 Å². The topological polar surface area (TPSA) is 50.7 Å². The molecule has 0 heterocycles. The Bertz CT molecular complexity index is 569. The highest BCUT2D eigenvalue weighted by atomic mass is 16.5. The third kappa shape index (κ3) is 3.22. The number of benzene rings is 2. The molecule has 0 saturated heterocycles. The van der Waals surface area contributed by atoms with Gasteiger partial charge in [-0.1, -0.05) is 30.3 Å². The lowest BCUT2D eigenvalue weighted by atomic mass is 10.1. The summed E-state index contributed by atoms with van der Waals surface area (Å²) in [6.45, 7) is 1.07. The molecule has 0 spiro atoms. The summed E-state index contributed by atoms with van der Waals surface area (Å²) in [7, 11) is 3.21. The van der Waals surface area contributed by atoms with Crippen molar-refractivity contribution in [1.82, 2.24) is 0 Å². The first-order valence-electron chi connectivity index (χ1n) is 6.41. The van der Waals surface area contributed by atoms with Crippen LogP contribution < -0.4 is 10.1 Å². The van der Waals surface area contributed by atoms with Crippen molar-refractivity contribution in [3.63, 3.8) is 0 Å². The summed E-state index contributed by atoms with van der Waals surface area (Å²) in [4.78, 5) is 0. The first-order chi connectivity index (χ1) is 9.76. The molecule has 4 nitrogen and oxygen atoms in total. The normalized spacial score (nSPS) is 10.3. The summed E-state index contributed by atoms with van der Waals surface area (Å²) < 4.78 is 10.3. The highest BCUT2D eigenvalue weighted by Crippen LogP contribution is 2.30. The fourth-order valence-electron chi connectivity index (χ4n) is 2.04. The lowest BCUT2D eigenvalue weighted by molar-refractivity contribution is 0.185. The van der Waals surface area contributed by atoms with Gasteiger partial charge in [0.1, 0.15) is 0 Å². The molecule has 0 atom stereocenters. The average Bonchev–Trinajstić information content (AvgIpc) is 2.48. The standard InChI is InChI=1S/C16H19NO3/c1-19-11-13-6-3-4-8-14(13)17-10-12-7-5-9-15(20-2)16(12)18/h3-9,17-18H,10-11H2,1-2H3. The molecule has 0 bridgehead atoms. The van der Waals surface area contributed by atoms with Crippen molar-refractivity contribution in [2.24, 2.45) is 0 Å². The van der Waals surface area contributed by atoms with Crippen molar-refractivity contribution in [1.29, 1.82) is 0 Å². The molecule has 0 unspecified atom stereocenters. The van der Waals surface area contributed by atoms with Crippen LogP contribution in [-0.2, 0) is 17.9 Å². The van der Waals surface area contributed by atoms with Gasteiger partial charge < -0.3 is 19.9 Å². The largest absolute Gasteiger partial charge is 0.504 e. The molecule has 0 aliphatic heterocycles. The maximum atomic E-state index is 10.0. The average molecular weight is 273 g/mol. The number of rotatable bonds is 6. The maximum Gasteiger partial charge on any atom is 0.162 e. The van der Waals surface area contributed by atoms with Gasteiger partial charge in [-0.2, -0.15) is 0 Å². The first-order valence-corrected chi connectivity index (χ1v) is 6.41. The molecule has 2 N–H and O–H groups in total. The molecule has 0 amide bonds. The Morgan fingerprint density at radius 1 is 1.00 bits per heavy atom. The molecular formula is C16H19NO3. The molecule has 2 aromatic rings. The molecule has 0 aromatic heterocycles. The van der Waals surface area contributed by atoms with Crippen LogP contribution in [0.1, 0.15) is 11.1 Å². The van der Waals surface area contributed by atoms with Crippen LogP contribution in [0.4, 0.5) is 5.69 Å². The number of anilines is 1. The highest BCUT2D eigenvalue weighted by Gasteiger charge is 2.08. The number of aromatic hydroxyl groups is 1. The molecule has 106 valence electrons. The van der Waals surface area contributed by atoms with E-state index in [1.165, 1.54) is 0 Å². The van der Waals surface area contributed by atoms with E-state index in [-0.39, 0.29) is 5.75 Å². The molecule has 0 fully saturated rings. The molecule has 0 aliphatic rings. The van der Waals surface area contributed by atoms with Gasteiger partial charge in [-0.15, -0.1) is 0 Å².